The Morgan fingerprint density at radius 2 is 1.85 bits per heavy atom. The fourth-order valence-corrected chi connectivity index (χ4v) is 7.50. The van der Waals surface area contributed by atoms with Gasteiger partial charge in [0.25, 0.3) is 15.9 Å². The van der Waals surface area contributed by atoms with Crippen molar-refractivity contribution in [1.29, 1.82) is 0 Å². The van der Waals surface area contributed by atoms with Crippen LogP contribution in [0.4, 0.5) is 0 Å². The Morgan fingerprint density at radius 3 is 2.56 bits per heavy atom. The Bertz CT molecular complexity index is 742. The number of likely N-dealkylation sites (tertiary alicyclic amines) is 1. The molecule has 0 spiro atoms. The predicted molar refractivity (Wildman–Crippen MR) is 105 cm³/mol. The van der Waals surface area contributed by atoms with Crippen LogP contribution >= 0.6 is 11.3 Å². The van der Waals surface area contributed by atoms with Crippen molar-refractivity contribution in [3.8, 4) is 0 Å². The number of carbonyl (C=O) groups excluding carboxylic acids is 1. The maximum atomic E-state index is 12.8. The van der Waals surface area contributed by atoms with Crippen LogP contribution in [0.3, 0.4) is 0 Å². The van der Waals surface area contributed by atoms with Crippen molar-refractivity contribution in [2.45, 2.75) is 36.3 Å². The second kappa shape index (κ2) is 8.19. The number of thiophene rings is 1. The van der Waals surface area contributed by atoms with Crippen molar-refractivity contribution in [3.63, 3.8) is 0 Å². The molecule has 0 aromatic carbocycles. The average Bonchev–Trinajstić information content (AvgIpc) is 3.24. The molecule has 2 atom stereocenters. The van der Waals surface area contributed by atoms with Crippen molar-refractivity contribution < 1.29 is 18.1 Å². The quantitative estimate of drug-likeness (QED) is 0.791. The standard InChI is InChI=1S/C19H29N3O3S2/c23-18(21-8-7-16-4-1-2-5-17(16)14-21)15-20-9-11-22(12-10-20)27(24,25)19-6-3-13-26-19/h3,6,13,16-17H,1-2,4-5,7-12,14-15H2/p+1/t16-,17-/m0/s1. The first-order valence-corrected chi connectivity index (χ1v) is 12.5. The third kappa shape index (κ3) is 4.23. The van der Waals surface area contributed by atoms with Crippen molar-refractivity contribution in [3.05, 3.63) is 17.5 Å². The van der Waals surface area contributed by atoms with Crippen molar-refractivity contribution in [2.75, 3.05) is 45.8 Å². The fourth-order valence-electron chi connectivity index (χ4n) is 4.91. The second-order valence-corrected chi connectivity index (χ2v) is 11.3. The first kappa shape index (κ1) is 19.4. The second-order valence-electron chi connectivity index (χ2n) is 8.20. The zero-order valence-corrected chi connectivity index (χ0v) is 17.4. The smallest absolute Gasteiger partial charge is 0.277 e. The molecule has 1 aromatic rings. The van der Waals surface area contributed by atoms with E-state index in [1.807, 2.05) is 0 Å². The van der Waals surface area contributed by atoms with Gasteiger partial charge in [-0.05, 0) is 36.1 Å². The van der Waals surface area contributed by atoms with Crippen molar-refractivity contribution in [1.82, 2.24) is 9.21 Å². The van der Waals surface area contributed by atoms with E-state index in [9.17, 15) is 13.2 Å². The van der Waals surface area contributed by atoms with E-state index >= 15 is 0 Å². The highest BCUT2D eigenvalue weighted by molar-refractivity contribution is 7.91. The lowest BCUT2D eigenvalue weighted by molar-refractivity contribution is -0.896. The van der Waals surface area contributed by atoms with Gasteiger partial charge in [-0.1, -0.05) is 25.3 Å². The summed E-state index contributed by atoms with van der Waals surface area (Å²) in [5, 5.41) is 1.79. The zero-order chi connectivity index (χ0) is 18.9. The van der Waals surface area contributed by atoms with Crippen LogP contribution in [0.25, 0.3) is 0 Å². The van der Waals surface area contributed by atoms with Crippen molar-refractivity contribution in [2.24, 2.45) is 11.8 Å². The molecule has 1 aliphatic carbocycles. The molecule has 1 saturated carbocycles. The summed E-state index contributed by atoms with van der Waals surface area (Å²) < 4.78 is 27.2. The van der Waals surface area contributed by atoms with Gasteiger partial charge in [-0.3, -0.25) is 4.79 Å². The molecule has 3 fully saturated rings. The van der Waals surface area contributed by atoms with E-state index in [0.29, 0.717) is 42.9 Å². The summed E-state index contributed by atoms with van der Waals surface area (Å²) in [4.78, 5) is 16.1. The molecule has 27 heavy (non-hydrogen) atoms. The van der Waals surface area contributed by atoms with Gasteiger partial charge in [0.15, 0.2) is 6.54 Å². The van der Waals surface area contributed by atoms with Crippen LogP contribution < -0.4 is 4.90 Å². The first-order chi connectivity index (χ1) is 13.0. The van der Waals surface area contributed by atoms with Crippen LogP contribution in [-0.2, 0) is 14.8 Å². The number of hydrogen-bond acceptors (Lipinski definition) is 4. The highest BCUT2D eigenvalue weighted by atomic mass is 32.2. The van der Waals surface area contributed by atoms with Crippen LogP contribution in [0.1, 0.15) is 32.1 Å². The number of nitrogens with zero attached hydrogens (tertiary/aromatic N) is 2. The van der Waals surface area contributed by atoms with E-state index in [1.54, 1.807) is 21.8 Å². The summed E-state index contributed by atoms with van der Waals surface area (Å²) in [7, 11) is -3.36. The number of amides is 1. The normalized spacial score (nSPS) is 28.1. The number of fused-ring (bicyclic) bond motifs is 1. The van der Waals surface area contributed by atoms with E-state index in [2.05, 4.69) is 4.90 Å². The largest absolute Gasteiger partial charge is 0.338 e. The van der Waals surface area contributed by atoms with Crippen LogP contribution in [0.2, 0.25) is 0 Å². The van der Waals surface area contributed by atoms with Gasteiger partial charge in [0.1, 0.15) is 4.21 Å². The highest BCUT2D eigenvalue weighted by Crippen LogP contribution is 2.35. The molecule has 8 heteroatoms. The van der Waals surface area contributed by atoms with E-state index in [0.717, 1.165) is 19.0 Å². The lowest BCUT2D eigenvalue weighted by Crippen LogP contribution is -3.15. The molecule has 150 valence electrons. The summed E-state index contributed by atoms with van der Waals surface area (Å²) in [6, 6.07) is 3.44. The Balaban J connectivity index is 1.27. The molecule has 0 bridgehead atoms. The fraction of sp³-hybridized carbons (Fsp3) is 0.737. The lowest BCUT2D eigenvalue weighted by atomic mass is 9.75. The van der Waals surface area contributed by atoms with E-state index in [-0.39, 0.29) is 5.91 Å². The average molecular weight is 413 g/mol. The van der Waals surface area contributed by atoms with Gasteiger partial charge in [-0.15, -0.1) is 11.3 Å². The summed E-state index contributed by atoms with van der Waals surface area (Å²) in [6.45, 7) is 4.75. The number of piperidine rings is 1. The van der Waals surface area contributed by atoms with E-state index < -0.39 is 10.0 Å². The molecule has 3 aliphatic rings. The number of hydrogen-bond donors (Lipinski definition) is 1. The van der Waals surface area contributed by atoms with Gasteiger partial charge in [0.05, 0.1) is 26.2 Å². The summed E-state index contributed by atoms with van der Waals surface area (Å²) in [6.07, 6.45) is 6.46. The Labute approximate surface area is 166 Å². The van der Waals surface area contributed by atoms with Crippen LogP contribution in [0.15, 0.2) is 21.7 Å². The number of rotatable bonds is 4. The SMILES string of the molecule is O=C(C[NH+]1CCN(S(=O)(=O)c2cccs2)CC1)N1CC[C@@H]2CCCC[C@H]2C1. The molecular weight excluding hydrogens is 382 g/mol. The molecular formula is C19H30N3O3S2+. The number of carbonyl (C=O) groups is 1. The van der Waals surface area contributed by atoms with Gasteiger partial charge < -0.3 is 9.80 Å². The first-order valence-electron chi connectivity index (χ1n) is 10.2. The molecule has 6 nitrogen and oxygen atoms in total. The highest BCUT2D eigenvalue weighted by Gasteiger charge is 2.35. The Hall–Kier alpha value is -0.960. The van der Waals surface area contributed by atoms with Crippen LogP contribution in [0.5, 0.6) is 0 Å². The molecule has 1 N–H and O–H groups in total. The number of nitrogens with one attached hydrogen (secondary N) is 1. The maximum absolute atomic E-state index is 12.8. The minimum Gasteiger partial charge on any atom is -0.338 e. The number of sulfonamides is 1. The minimum absolute atomic E-state index is 0.253. The molecule has 2 aliphatic heterocycles. The van der Waals surface area contributed by atoms with Gasteiger partial charge in [0.2, 0.25) is 0 Å². The zero-order valence-electron chi connectivity index (χ0n) is 15.8. The third-order valence-corrected chi connectivity index (χ3v) is 9.84. The monoisotopic (exact) mass is 412 g/mol. The molecule has 2 saturated heterocycles. The predicted octanol–water partition coefficient (Wildman–Crippen LogP) is 0.676. The summed E-state index contributed by atoms with van der Waals surface area (Å²) >= 11 is 1.27. The molecule has 0 radical (unpaired) electrons. The van der Waals surface area contributed by atoms with E-state index in [4.69, 9.17) is 0 Å². The van der Waals surface area contributed by atoms with Crippen LogP contribution in [0, 0.1) is 11.8 Å². The third-order valence-electron chi connectivity index (χ3n) is 6.56. The summed E-state index contributed by atoms with van der Waals surface area (Å²) in [5.41, 5.74) is 0. The van der Waals surface area contributed by atoms with Crippen molar-refractivity contribution >= 4 is 27.3 Å². The molecule has 3 heterocycles. The Morgan fingerprint density at radius 1 is 1.11 bits per heavy atom. The molecule has 4 rings (SSSR count). The van der Waals surface area contributed by atoms with Gasteiger partial charge >= 0.3 is 0 Å². The van der Waals surface area contributed by atoms with Gasteiger partial charge in [-0.25, -0.2) is 8.42 Å². The van der Waals surface area contributed by atoms with E-state index in [1.165, 1.54) is 48.3 Å². The maximum Gasteiger partial charge on any atom is 0.277 e. The lowest BCUT2D eigenvalue weighted by Gasteiger charge is -2.41. The molecule has 1 aromatic heterocycles. The number of piperazine rings is 1. The van der Waals surface area contributed by atoms with Gasteiger partial charge in [-0.2, -0.15) is 4.31 Å². The Kier molecular flexibility index (Phi) is 5.87. The minimum atomic E-state index is -3.36. The number of quaternary nitrogens is 1. The van der Waals surface area contributed by atoms with Gasteiger partial charge in [0, 0.05) is 13.1 Å². The van der Waals surface area contributed by atoms with Crippen LogP contribution in [-0.4, -0.2) is 69.3 Å². The topological polar surface area (TPSA) is 62.1 Å². The molecule has 1 amide bonds. The summed E-state index contributed by atoms with van der Waals surface area (Å²) in [5.74, 6) is 1.80. The molecule has 0 unspecified atom stereocenters.